The van der Waals surface area contributed by atoms with E-state index in [0.717, 1.165) is 37.7 Å². The van der Waals surface area contributed by atoms with Crippen molar-refractivity contribution in [1.29, 1.82) is 0 Å². The highest BCUT2D eigenvalue weighted by atomic mass is 16.4. The zero-order valence-corrected chi connectivity index (χ0v) is 18.4. The largest absolute Gasteiger partial charge is 0.481 e. The lowest BCUT2D eigenvalue weighted by Gasteiger charge is -2.41. The van der Waals surface area contributed by atoms with Gasteiger partial charge in [0.15, 0.2) is 0 Å². The van der Waals surface area contributed by atoms with E-state index in [1.807, 2.05) is 30.3 Å². The van der Waals surface area contributed by atoms with Crippen molar-refractivity contribution in [2.24, 2.45) is 5.92 Å². The van der Waals surface area contributed by atoms with E-state index in [2.05, 4.69) is 5.32 Å². The Kier molecular flexibility index (Phi) is 6.69. The third-order valence-electron chi connectivity index (χ3n) is 7.36. The molecule has 1 aliphatic carbocycles. The lowest BCUT2D eigenvalue weighted by Crippen LogP contribution is -2.61. The Morgan fingerprint density at radius 2 is 1.81 bits per heavy atom. The highest BCUT2D eigenvalue weighted by Crippen LogP contribution is 2.50. The molecule has 2 aliphatic heterocycles. The second-order valence-corrected chi connectivity index (χ2v) is 9.31. The number of rotatable bonds is 5. The van der Waals surface area contributed by atoms with Crippen LogP contribution in [0.1, 0.15) is 63.0 Å². The van der Waals surface area contributed by atoms with Crippen molar-refractivity contribution in [1.82, 2.24) is 15.1 Å². The third kappa shape index (κ3) is 4.08. The molecule has 3 N–H and O–H groups in total. The zero-order valence-electron chi connectivity index (χ0n) is 18.4. The van der Waals surface area contributed by atoms with Crippen molar-refractivity contribution in [3.63, 3.8) is 0 Å². The first-order valence-electron chi connectivity index (χ1n) is 11.8. The van der Waals surface area contributed by atoms with Gasteiger partial charge in [0.1, 0.15) is 5.54 Å². The Hall–Kier alpha value is -2.61. The van der Waals surface area contributed by atoms with Crippen LogP contribution in [0.2, 0.25) is 0 Å². The average Bonchev–Trinajstić information content (AvgIpc) is 3.38. The maximum Gasteiger partial charge on any atom is 0.319 e. The number of hydrogen-bond acceptors (Lipinski definition) is 4. The summed E-state index contributed by atoms with van der Waals surface area (Å²) in [6, 6.07) is 8.16. The molecule has 0 radical (unpaired) electrons. The fourth-order valence-corrected chi connectivity index (χ4v) is 5.88. The summed E-state index contributed by atoms with van der Waals surface area (Å²) in [5.41, 5.74) is -0.498. The van der Waals surface area contributed by atoms with Crippen LogP contribution in [0.15, 0.2) is 30.3 Å². The van der Waals surface area contributed by atoms with Gasteiger partial charge in [-0.2, -0.15) is 0 Å². The SMILES string of the molecule is O=C(O)[C@H]1C[C@]2(CCCCN(CCO)C2=O)N(C(=O)NC2CCCC2)[C@H]1c1ccccc1. The molecular formula is C24H33N3O5. The number of likely N-dealkylation sites (tertiary alicyclic amines) is 2. The Morgan fingerprint density at radius 1 is 1.09 bits per heavy atom. The Bertz CT molecular complexity index is 841. The fraction of sp³-hybridized carbons (Fsp3) is 0.625. The molecule has 32 heavy (non-hydrogen) atoms. The molecule has 8 heteroatoms. The number of carbonyl (C=O) groups is 3. The quantitative estimate of drug-likeness (QED) is 0.648. The second-order valence-electron chi connectivity index (χ2n) is 9.31. The van der Waals surface area contributed by atoms with Gasteiger partial charge in [-0.15, -0.1) is 0 Å². The van der Waals surface area contributed by atoms with Gasteiger partial charge in [0.2, 0.25) is 5.91 Å². The first-order chi connectivity index (χ1) is 15.5. The lowest BCUT2D eigenvalue weighted by molar-refractivity contribution is -0.142. The van der Waals surface area contributed by atoms with Crippen LogP contribution >= 0.6 is 0 Å². The zero-order chi connectivity index (χ0) is 22.7. The summed E-state index contributed by atoms with van der Waals surface area (Å²) in [7, 11) is 0. The van der Waals surface area contributed by atoms with Crippen LogP contribution in [0, 0.1) is 5.92 Å². The number of aliphatic hydroxyl groups is 1. The molecule has 3 atom stereocenters. The minimum Gasteiger partial charge on any atom is -0.481 e. The monoisotopic (exact) mass is 443 g/mol. The molecule has 2 saturated heterocycles. The topological polar surface area (TPSA) is 110 Å². The van der Waals surface area contributed by atoms with Gasteiger partial charge < -0.3 is 25.3 Å². The van der Waals surface area contributed by atoms with Crippen LogP contribution in [0.25, 0.3) is 0 Å². The number of aliphatic hydroxyl groups excluding tert-OH is 1. The normalized spacial score (nSPS) is 28.8. The Balaban J connectivity index is 1.80. The van der Waals surface area contributed by atoms with Crippen molar-refractivity contribution < 1.29 is 24.6 Å². The number of carboxylic acid groups (broad SMARTS) is 1. The number of carboxylic acids is 1. The number of nitrogens with zero attached hydrogens (tertiary/aromatic N) is 2. The van der Waals surface area contributed by atoms with Gasteiger partial charge in [0.25, 0.3) is 0 Å². The molecule has 4 rings (SSSR count). The van der Waals surface area contributed by atoms with E-state index < -0.39 is 23.5 Å². The van der Waals surface area contributed by atoms with Crippen LogP contribution in [0.3, 0.4) is 0 Å². The molecule has 1 aromatic rings. The standard InChI is InChI=1S/C24H33N3O5/c28-15-14-26-13-7-6-12-24(22(26)31)16-19(21(29)30)20(17-8-2-1-3-9-17)27(24)23(32)25-18-10-4-5-11-18/h1-3,8-9,18-20,28H,4-7,10-16H2,(H,25,32)(H,29,30)/t19-,20-,24-/m0/s1. The summed E-state index contributed by atoms with van der Waals surface area (Å²) in [6.45, 7) is 0.528. The molecule has 3 amide bonds. The van der Waals surface area contributed by atoms with E-state index in [9.17, 15) is 24.6 Å². The van der Waals surface area contributed by atoms with Crippen molar-refractivity contribution in [3.8, 4) is 0 Å². The summed E-state index contributed by atoms with van der Waals surface area (Å²) >= 11 is 0. The highest BCUT2D eigenvalue weighted by Gasteiger charge is 2.61. The summed E-state index contributed by atoms with van der Waals surface area (Å²) in [5.74, 6) is -2.12. The highest BCUT2D eigenvalue weighted by molar-refractivity contribution is 5.94. The van der Waals surface area contributed by atoms with Gasteiger partial charge in [-0.05, 0) is 44.1 Å². The fourth-order valence-electron chi connectivity index (χ4n) is 5.88. The van der Waals surface area contributed by atoms with E-state index in [1.54, 1.807) is 9.80 Å². The summed E-state index contributed by atoms with van der Waals surface area (Å²) in [4.78, 5) is 43.2. The van der Waals surface area contributed by atoms with Gasteiger partial charge in [-0.25, -0.2) is 4.79 Å². The number of aliphatic carboxylic acids is 1. The smallest absolute Gasteiger partial charge is 0.319 e. The minimum atomic E-state index is -1.22. The number of benzene rings is 1. The van der Waals surface area contributed by atoms with E-state index in [0.29, 0.717) is 19.4 Å². The molecule has 174 valence electrons. The van der Waals surface area contributed by atoms with Crippen molar-refractivity contribution in [2.45, 2.75) is 69.0 Å². The molecule has 0 bridgehead atoms. The van der Waals surface area contributed by atoms with Gasteiger partial charge in [-0.1, -0.05) is 43.2 Å². The van der Waals surface area contributed by atoms with Gasteiger partial charge in [-0.3, -0.25) is 9.59 Å². The molecule has 3 fully saturated rings. The van der Waals surface area contributed by atoms with Crippen molar-refractivity contribution >= 4 is 17.9 Å². The van der Waals surface area contributed by atoms with Crippen molar-refractivity contribution in [2.75, 3.05) is 19.7 Å². The number of urea groups is 1. The Morgan fingerprint density at radius 3 is 2.47 bits per heavy atom. The average molecular weight is 444 g/mol. The number of β-amino-alcohol motifs (C(OH)–C–C–N with tert-alkyl or cyclic N) is 1. The molecule has 1 spiro atoms. The molecule has 3 aliphatic rings. The predicted octanol–water partition coefficient (Wildman–Crippen LogP) is 2.53. The predicted molar refractivity (Wildman–Crippen MR) is 118 cm³/mol. The van der Waals surface area contributed by atoms with Gasteiger partial charge in [0, 0.05) is 19.1 Å². The number of amides is 3. The van der Waals surface area contributed by atoms with Crippen LogP contribution in [0.4, 0.5) is 4.79 Å². The van der Waals surface area contributed by atoms with Crippen molar-refractivity contribution in [3.05, 3.63) is 35.9 Å². The molecular weight excluding hydrogens is 410 g/mol. The first-order valence-corrected chi connectivity index (χ1v) is 11.8. The maximum atomic E-state index is 13.9. The number of hydrogen-bond donors (Lipinski definition) is 3. The molecule has 8 nitrogen and oxygen atoms in total. The summed E-state index contributed by atoms with van der Waals surface area (Å²) in [5, 5.41) is 22.8. The maximum absolute atomic E-state index is 13.9. The summed E-state index contributed by atoms with van der Waals surface area (Å²) < 4.78 is 0. The Labute approximate surface area is 188 Å². The van der Waals surface area contributed by atoms with E-state index in [-0.39, 0.29) is 37.6 Å². The molecule has 2 heterocycles. The second kappa shape index (κ2) is 9.48. The molecule has 1 saturated carbocycles. The van der Waals surface area contributed by atoms with E-state index in [4.69, 9.17) is 0 Å². The number of nitrogens with one attached hydrogen (secondary N) is 1. The minimum absolute atomic E-state index is 0.0503. The van der Waals surface area contributed by atoms with Crippen LogP contribution in [-0.4, -0.2) is 69.2 Å². The van der Waals surface area contributed by atoms with E-state index >= 15 is 0 Å². The first kappa shape index (κ1) is 22.6. The van der Waals surface area contributed by atoms with Crippen LogP contribution in [0.5, 0.6) is 0 Å². The van der Waals surface area contributed by atoms with Gasteiger partial charge in [0.05, 0.1) is 18.6 Å². The molecule has 1 aromatic carbocycles. The van der Waals surface area contributed by atoms with E-state index in [1.165, 1.54) is 0 Å². The molecule has 0 aromatic heterocycles. The summed E-state index contributed by atoms with van der Waals surface area (Å²) in [6.07, 6.45) is 5.90. The van der Waals surface area contributed by atoms with Crippen LogP contribution < -0.4 is 5.32 Å². The van der Waals surface area contributed by atoms with Gasteiger partial charge >= 0.3 is 12.0 Å². The number of carbonyl (C=O) groups excluding carboxylic acids is 2. The van der Waals surface area contributed by atoms with Crippen LogP contribution in [-0.2, 0) is 9.59 Å². The lowest BCUT2D eigenvalue weighted by atomic mass is 9.85. The molecule has 0 unspecified atom stereocenters. The third-order valence-corrected chi connectivity index (χ3v) is 7.36.